The number of aliphatic hydroxyl groups is 1. The van der Waals surface area contributed by atoms with Crippen molar-refractivity contribution in [2.45, 2.75) is 235 Å². The van der Waals surface area contributed by atoms with Gasteiger partial charge in [-0.3, -0.25) is 14.4 Å². The number of ether oxygens (including phenoxy) is 4. The molecule has 0 aromatic heterocycles. The number of anilines is 1. The van der Waals surface area contributed by atoms with E-state index in [1.807, 2.05) is 156 Å². The minimum absolute atomic E-state index is 0.0530. The first-order valence-electron chi connectivity index (χ1n) is 34.8. The van der Waals surface area contributed by atoms with Gasteiger partial charge in [0.15, 0.2) is 0 Å². The summed E-state index contributed by atoms with van der Waals surface area (Å²) in [4.78, 5) is 42.8. The molecule has 7 aromatic rings. The van der Waals surface area contributed by atoms with Crippen molar-refractivity contribution in [1.82, 2.24) is 0 Å². The number of aryl methyl sites for hydroxylation is 5. The highest BCUT2D eigenvalue weighted by atomic mass is 35.8. The number of fused-ring (bicyclic) bond motifs is 3. The van der Waals surface area contributed by atoms with E-state index in [0.717, 1.165) is 85.7 Å². The third-order valence-electron chi connectivity index (χ3n) is 16.5. The number of rotatable bonds is 9. The second-order valence-electron chi connectivity index (χ2n) is 31.5. The van der Waals surface area contributed by atoms with Gasteiger partial charge in [-0.05, 0) is 238 Å². The van der Waals surface area contributed by atoms with Crippen LogP contribution in [0.25, 0.3) is 0 Å². The molecule has 0 fully saturated rings. The molecule has 107 heavy (non-hydrogen) atoms. The van der Waals surface area contributed by atoms with E-state index in [9.17, 15) is 37.8 Å². The lowest BCUT2D eigenvalue weighted by Crippen LogP contribution is -2.41. The normalized spacial score (nSPS) is 14.6. The molecule has 0 amide bonds. The molecule has 0 atom stereocenters. The molecule has 6 N–H and O–H groups in total. The van der Waals surface area contributed by atoms with Crippen LogP contribution in [0.15, 0.2) is 174 Å². The molecule has 15 nitrogen and oxygen atoms in total. The summed E-state index contributed by atoms with van der Waals surface area (Å²) in [6.07, 6.45) is 5.85. The highest BCUT2D eigenvalue weighted by Gasteiger charge is 2.42. The Labute approximate surface area is 663 Å². The molecule has 0 saturated carbocycles. The van der Waals surface area contributed by atoms with Crippen molar-refractivity contribution in [3.63, 3.8) is 0 Å². The second kappa shape index (κ2) is 41.7. The summed E-state index contributed by atoms with van der Waals surface area (Å²) in [7, 11) is 16.6. The zero-order valence-electron chi connectivity index (χ0n) is 66.4. The van der Waals surface area contributed by atoms with Crippen molar-refractivity contribution < 1.29 is 67.0 Å². The average Bonchev–Trinajstić information content (AvgIpc) is 0.763. The number of nitrogen functional groups attached to an aromatic ring is 1. The first-order chi connectivity index (χ1) is 48.9. The van der Waals surface area contributed by atoms with Crippen molar-refractivity contribution in [2.24, 2.45) is 0 Å². The molecule has 7 aromatic carbocycles. The molecule has 10 rings (SSSR count). The van der Waals surface area contributed by atoms with Crippen LogP contribution in [0.4, 0.5) is 5.69 Å². The van der Waals surface area contributed by atoms with Crippen LogP contribution >= 0.6 is 52.4 Å². The Hall–Kier alpha value is -7.01. The number of esters is 2. The molecule has 22 heteroatoms. The third-order valence-corrected chi connectivity index (χ3v) is 17.9. The lowest BCUT2D eigenvalue weighted by Gasteiger charge is -2.43. The molecular formula is C85H111AlCl5NO14S. The highest BCUT2D eigenvalue weighted by molar-refractivity contribution is 8.13. The number of carboxylic acids is 1. The Kier molecular flexibility index (Phi) is 37.4. The van der Waals surface area contributed by atoms with Crippen molar-refractivity contribution in [2.75, 3.05) is 5.73 Å². The number of benzene rings is 7. The minimum Gasteiger partial charge on any atom is -0.508 e. The first kappa shape index (κ1) is 96.1. The molecule has 0 unspecified atom stereocenters. The molecule has 0 spiro atoms. The third kappa shape index (κ3) is 35.1. The van der Waals surface area contributed by atoms with Crippen LogP contribution in [0.5, 0.6) is 34.5 Å². The van der Waals surface area contributed by atoms with Crippen LogP contribution in [0, 0.1) is 34.6 Å². The van der Waals surface area contributed by atoms with E-state index >= 15 is 0 Å². The number of para-hydroxylation sites is 5. The van der Waals surface area contributed by atoms with Crippen LogP contribution in [0.1, 0.15) is 206 Å². The number of aromatic hydroxyl groups is 2. The molecule has 0 bridgehead atoms. The Morgan fingerprint density at radius 3 is 1.47 bits per heavy atom. The number of phenols is 2. The Morgan fingerprint density at radius 1 is 0.589 bits per heavy atom. The fourth-order valence-electron chi connectivity index (χ4n) is 12.6. The Bertz CT molecular complexity index is 4260. The average molecular weight is 1610 g/mol. The number of halogens is 5. The van der Waals surface area contributed by atoms with E-state index in [0.29, 0.717) is 35.8 Å². The summed E-state index contributed by atoms with van der Waals surface area (Å²) in [6, 6.07) is 44.5. The molecule has 3 aliphatic rings. The maximum absolute atomic E-state index is 11.5. The van der Waals surface area contributed by atoms with Gasteiger partial charge < -0.3 is 45.1 Å². The maximum Gasteiger partial charge on any atom is 0.643 e. The fraction of sp³-hybridized carbons (Fsp3) is 0.412. The lowest BCUT2D eigenvalue weighted by molar-refractivity contribution is -0.137. The van der Waals surface area contributed by atoms with Crippen molar-refractivity contribution in [1.29, 1.82) is 0 Å². The van der Waals surface area contributed by atoms with Gasteiger partial charge in [-0.25, -0.2) is 43.4 Å². The van der Waals surface area contributed by atoms with E-state index < -0.39 is 37.2 Å². The predicted octanol–water partition coefficient (Wildman–Crippen LogP) is 21.9. The summed E-state index contributed by atoms with van der Waals surface area (Å²) in [6.45, 7) is 46.1. The van der Waals surface area contributed by atoms with Gasteiger partial charge in [0, 0.05) is 44.6 Å². The van der Waals surface area contributed by atoms with Crippen molar-refractivity contribution >= 4 is 102 Å². The van der Waals surface area contributed by atoms with Gasteiger partial charge in [0.2, 0.25) is 5.24 Å². The highest BCUT2D eigenvalue weighted by Crippen LogP contribution is 2.49. The molecular weight excluding hydrogens is 1500 g/mol. The van der Waals surface area contributed by atoms with E-state index in [4.69, 9.17) is 87.3 Å². The number of hydrogen-bond acceptors (Lipinski definition) is 14. The van der Waals surface area contributed by atoms with Gasteiger partial charge in [0.25, 0.3) is 9.05 Å². The summed E-state index contributed by atoms with van der Waals surface area (Å²) >= 11 is 3.24. The predicted molar refractivity (Wildman–Crippen MR) is 441 cm³/mol. The first-order valence-corrected chi connectivity index (χ1v) is 42.7. The Morgan fingerprint density at radius 2 is 1.03 bits per heavy atom. The van der Waals surface area contributed by atoms with Crippen LogP contribution in [-0.2, 0) is 56.3 Å². The van der Waals surface area contributed by atoms with Gasteiger partial charge in [0.05, 0.1) is 23.3 Å². The number of carboxylic acid groups (broad SMARTS) is 1. The summed E-state index contributed by atoms with van der Waals surface area (Å²) in [5.74, 6) is 2.64. The van der Waals surface area contributed by atoms with Gasteiger partial charge in [-0.1, -0.05) is 170 Å². The van der Waals surface area contributed by atoms with Crippen molar-refractivity contribution in [3.8, 4) is 34.5 Å². The van der Waals surface area contributed by atoms with Crippen LogP contribution in [0.3, 0.4) is 0 Å². The topological polar surface area (TPSA) is 246 Å². The monoisotopic (exact) mass is 1600 g/mol. The van der Waals surface area contributed by atoms with Gasteiger partial charge in [-0.15, -0.1) is 0 Å². The van der Waals surface area contributed by atoms with Crippen LogP contribution in [0.2, 0.25) is 0 Å². The zero-order chi connectivity index (χ0) is 82.2. The van der Waals surface area contributed by atoms with Crippen LogP contribution in [-0.4, -0.2) is 80.2 Å². The molecule has 584 valence electrons. The number of carbonyl (C=O) groups is 4. The van der Waals surface area contributed by atoms with Gasteiger partial charge >= 0.3 is 29.3 Å². The molecule has 0 radical (unpaired) electrons. The SMILES string of the molecule is CC(C)=CC(=O)Cl.CC(C)=CC(=O)Oc1ccccc1.Cc1cc(S(=O)(=O)Cl)cc2c1OC(C)(C)CC2(C)C.Cc1cccc(C(C)(C)CC(C)(C)O)c1O.Cc1cccc2c1OC(=O)CC2(C)C.Cc1cccc2c1OC(C)(C)CC2(C)C.Cc1ccccc1O.Nc1ccc(CC(=O)O)cc1.[Cl][Al]([Cl])[Cl]. The summed E-state index contributed by atoms with van der Waals surface area (Å²) < 4.78 is 45.4. The molecule has 0 saturated heterocycles. The van der Waals surface area contributed by atoms with Crippen LogP contribution < -0.4 is 24.7 Å². The smallest absolute Gasteiger partial charge is 0.508 e. The quantitative estimate of drug-likeness (QED) is 0.0225. The maximum atomic E-state index is 11.5. The molecule has 3 heterocycles. The minimum atomic E-state index is -3.72. The lowest BCUT2D eigenvalue weighted by atomic mass is 9.73. The number of phenolic OH excluding ortho intramolecular Hbond substituents is 2. The molecule has 0 aliphatic carbocycles. The largest absolute Gasteiger partial charge is 0.643 e. The van der Waals surface area contributed by atoms with E-state index in [1.165, 1.54) is 23.3 Å². The van der Waals surface area contributed by atoms with Crippen molar-refractivity contribution in [3.05, 3.63) is 225 Å². The number of nitrogens with two attached hydrogens (primary N) is 1. The van der Waals surface area contributed by atoms with Gasteiger partial charge in [0.1, 0.15) is 45.7 Å². The van der Waals surface area contributed by atoms with E-state index in [-0.39, 0.29) is 56.1 Å². The fourth-order valence-corrected chi connectivity index (χ4v) is 13.6. The number of allylic oxidation sites excluding steroid dienone is 3. The number of hydrogen-bond donors (Lipinski definition) is 5. The summed E-state index contributed by atoms with van der Waals surface area (Å²) in [5, 5.41) is 36.9. The van der Waals surface area contributed by atoms with E-state index in [1.54, 1.807) is 68.4 Å². The molecule has 3 aliphatic heterocycles. The van der Waals surface area contributed by atoms with E-state index in [2.05, 4.69) is 80.5 Å². The second-order valence-corrected chi connectivity index (χ2v) is 40.9. The number of aliphatic carboxylic acids is 1. The summed E-state index contributed by atoms with van der Waals surface area (Å²) in [5.41, 5.74) is 16.5. The Balaban J connectivity index is 0.000000418. The standard InChI is InChI=1S/C14H19ClO3S.C14H22O2.C14H20O.C12H14O2.C11H12O2.C8H9NO2.C7H8O.C5H7ClO.Al.3ClH/c1-9-6-10(19(15,16)17)7-11-12(9)18-14(4,5)8-13(11,2)3;1-10-7-6-8-11(12(10)15)13(2,3)9-14(4,5)16;1-10-7-6-8-11-12(10)15-14(4,5)9-13(11,2)3;1-8-5-4-6-9-11(8)14-10(13)7-12(9,2)3;1-9(2)8-11(12)13-10-6-4-3-5-7-10;9-7-3-1-6(2-4-7)5-8(10)11;1-6-4-2-3-5-7(6)8;1-4(2)3-5(6)7;;;;/h6-7H,8H2,1-5H3;6-8,15-16H,9H2,1-5H3;6-8H,9H2,1-5H3;4-6H,7H2,1-3H3;3-8H,1-2H3;1-4H,5,9H2,(H,10,11);2-5,8H,1H3;3H,1-2H3;;3*1H/q;;;;;;;;+3;;;/p-3. The van der Waals surface area contributed by atoms with Gasteiger partial charge in [-0.2, -0.15) is 0 Å². The zero-order valence-corrected chi connectivity index (χ0v) is 72.1. The number of carbonyl (C=O) groups excluding carboxylic acids is 3.